The third kappa shape index (κ3) is 3.17. The van der Waals surface area contributed by atoms with Crippen molar-refractivity contribution in [3.05, 3.63) is 24.3 Å². The van der Waals surface area contributed by atoms with E-state index in [1.165, 1.54) is 0 Å². The summed E-state index contributed by atoms with van der Waals surface area (Å²) >= 11 is 0. The number of primary amides is 1. The van der Waals surface area contributed by atoms with Crippen LogP contribution in [-0.4, -0.2) is 31.7 Å². The Hall–Kier alpha value is -1.75. The highest BCUT2D eigenvalue weighted by Gasteiger charge is 2.38. The van der Waals surface area contributed by atoms with Crippen LogP contribution in [0, 0.1) is 0 Å². The molecule has 1 amide bonds. The largest absolute Gasteiger partial charge is 0.497 e. The Morgan fingerprint density at radius 1 is 1.32 bits per heavy atom. The fourth-order valence-corrected chi connectivity index (χ4v) is 2.25. The molecular weight excluding hydrogens is 244 g/mol. The number of rotatable bonds is 5. The van der Waals surface area contributed by atoms with Crippen LogP contribution in [0.1, 0.15) is 19.3 Å². The van der Waals surface area contributed by atoms with E-state index in [4.69, 9.17) is 15.2 Å². The van der Waals surface area contributed by atoms with Gasteiger partial charge in [-0.2, -0.15) is 0 Å². The number of carbonyl (C=O) groups is 1. The van der Waals surface area contributed by atoms with Gasteiger partial charge in [-0.3, -0.25) is 4.79 Å². The van der Waals surface area contributed by atoms with E-state index in [2.05, 4.69) is 5.32 Å². The van der Waals surface area contributed by atoms with Crippen LogP contribution in [-0.2, 0) is 4.79 Å². The lowest BCUT2D eigenvalue weighted by Gasteiger charge is -2.35. The molecule has 0 bridgehead atoms. The van der Waals surface area contributed by atoms with Gasteiger partial charge in [0.25, 0.3) is 0 Å². The molecule has 1 atom stereocenters. The normalized spacial score (nSPS) is 22.8. The number of piperidine rings is 1. The molecule has 1 aliphatic heterocycles. The second kappa shape index (κ2) is 5.93. The lowest BCUT2D eigenvalue weighted by molar-refractivity contribution is -0.126. The van der Waals surface area contributed by atoms with Gasteiger partial charge in [0.1, 0.15) is 23.6 Å². The Balaban J connectivity index is 2.00. The van der Waals surface area contributed by atoms with Gasteiger partial charge in [0.05, 0.1) is 7.11 Å². The molecule has 1 aliphatic rings. The molecule has 3 N–H and O–H groups in total. The van der Waals surface area contributed by atoms with Gasteiger partial charge in [-0.25, -0.2) is 0 Å². The summed E-state index contributed by atoms with van der Waals surface area (Å²) in [6.45, 7) is 1.06. The maximum atomic E-state index is 11.7. The first-order valence-corrected chi connectivity index (χ1v) is 6.48. The van der Waals surface area contributed by atoms with E-state index in [9.17, 15) is 4.79 Å². The average molecular weight is 264 g/mol. The highest BCUT2D eigenvalue weighted by Crippen LogP contribution is 2.22. The van der Waals surface area contributed by atoms with Crippen molar-refractivity contribution in [1.82, 2.24) is 5.32 Å². The molecule has 1 saturated heterocycles. The fourth-order valence-electron chi connectivity index (χ4n) is 2.25. The molecule has 1 aromatic carbocycles. The number of hydrogen-bond donors (Lipinski definition) is 2. The zero-order valence-electron chi connectivity index (χ0n) is 11.1. The van der Waals surface area contributed by atoms with Crippen molar-refractivity contribution in [3.63, 3.8) is 0 Å². The summed E-state index contributed by atoms with van der Waals surface area (Å²) in [7, 11) is 1.61. The van der Waals surface area contributed by atoms with Crippen LogP contribution in [0.3, 0.4) is 0 Å². The fraction of sp³-hybridized carbons (Fsp3) is 0.500. The molecule has 1 unspecified atom stereocenters. The molecule has 19 heavy (non-hydrogen) atoms. The van der Waals surface area contributed by atoms with E-state index in [1.807, 2.05) is 24.3 Å². The molecule has 0 spiro atoms. The minimum Gasteiger partial charge on any atom is -0.497 e. The topological polar surface area (TPSA) is 73.6 Å². The van der Waals surface area contributed by atoms with E-state index in [0.717, 1.165) is 31.6 Å². The van der Waals surface area contributed by atoms with Crippen LogP contribution in [0.4, 0.5) is 0 Å². The third-order valence-electron chi connectivity index (χ3n) is 3.51. The monoisotopic (exact) mass is 264 g/mol. The smallest absolute Gasteiger partial charge is 0.241 e. The zero-order chi connectivity index (χ0) is 13.7. The molecular formula is C14H20N2O3. The maximum absolute atomic E-state index is 11.7. The second-order valence-corrected chi connectivity index (χ2v) is 4.79. The van der Waals surface area contributed by atoms with Gasteiger partial charge in [0.2, 0.25) is 5.91 Å². The zero-order valence-corrected chi connectivity index (χ0v) is 11.1. The van der Waals surface area contributed by atoms with Gasteiger partial charge in [-0.1, -0.05) is 0 Å². The lowest BCUT2D eigenvalue weighted by atomic mass is 9.89. The minimum absolute atomic E-state index is 0.259. The van der Waals surface area contributed by atoms with E-state index < -0.39 is 5.54 Å². The Kier molecular flexibility index (Phi) is 4.27. The first-order valence-electron chi connectivity index (χ1n) is 6.48. The summed E-state index contributed by atoms with van der Waals surface area (Å²) in [5.41, 5.74) is 4.77. The van der Waals surface area contributed by atoms with Gasteiger partial charge < -0.3 is 20.5 Å². The number of ether oxygens (including phenoxy) is 2. The van der Waals surface area contributed by atoms with E-state index >= 15 is 0 Å². The Labute approximate surface area is 113 Å². The minimum atomic E-state index is -0.738. The van der Waals surface area contributed by atoms with Crippen LogP contribution in [0.25, 0.3) is 0 Å². The third-order valence-corrected chi connectivity index (χ3v) is 3.51. The Morgan fingerprint density at radius 3 is 2.53 bits per heavy atom. The van der Waals surface area contributed by atoms with Crippen LogP contribution in [0.15, 0.2) is 24.3 Å². The summed E-state index contributed by atoms with van der Waals surface area (Å²) in [4.78, 5) is 11.7. The Morgan fingerprint density at radius 2 is 2.00 bits per heavy atom. The summed E-state index contributed by atoms with van der Waals surface area (Å²) in [5, 5.41) is 3.20. The predicted octanol–water partition coefficient (Wildman–Crippen LogP) is 1.07. The molecule has 0 saturated carbocycles. The van der Waals surface area contributed by atoms with Crippen molar-refractivity contribution in [1.29, 1.82) is 0 Å². The number of hydrogen-bond acceptors (Lipinski definition) is 4. The number of nitrogens with one attached hydrogen (secondary N) is 1. The summed E-state index contributed by atoms with van der Waals surface area (Å²) < 4.78 is 10.8. The SMILES string of the molecule is COc1ccc(OCC2(C(N)=O)CCCCN2)cc1. The van der Waals surface area contributed by atoms with Crippen molar-refractivity contribution in [2.75, 3.05) is 20.3 Å². The van der Waals surface area contributed by atoms with Gasteiger partial charge in [0.15, 0.2) is 0 Å². The second-order valence-electron chi connectivity index (χ2n) is 4.79. The molecule has 5 heteroatoms. The molecule has 1 heterocycles. The summed E-state index contributed by atoms with van der Waals surface area (Å²) in [6.07, 6.45) is 2.78. The van der Waals surface area contributed by atoms with Crippen LogP contribution in [0.5, 0.6) is 11.5 Å². The van der Waals surface area contributed by atoms with Crippen LogP contribution >= 0.6 is 0 Å². The highest BCUT2D eigenvalue weighted by molar-refractivity contribution is 5.85. The highest BCUT2D eigenvalue weighted by atomic mass is 16.5. The van der Waals surface area contributed by atoms with Crippen molar-refractivity contribution in [2.45, 2.75) is 24.8 Å². The van der Waals surface area contributed by atoms with E-state index in [0.29, 0.717) is 5.75 Å². The summed E-state index contributed by atoms with van der Waals surface area (Å²) in [6, 6.07) is 7.27. The van der Waals surface area contributed by atoms with Crippen molar-refractivity contribution >= 4 is 5.91 Å². The van der Waals surface area contributed by atoms with Crippen LogP contribution in [0.2, 0.25) is 0 Å². The number of nitrogens with two attached hydrogens (primary N) is 1. The molecule has 1 aromatic rings. The molecule has 0 aliphatic carbocycles. The predicted molar refractivity (Wildman–Crippen MR) is 72.3 cm³/mol. The first kappa shape index (κ1) is 13.7. The Bertz CT molecular complexity index is 425. The summed E-state index contributed by atoms with van der Waals surface area (Å²) in [5.74, 6) is 1.13. The number of amides is 1. The first-order chi connectivity index (χ1) is 9.16. The van der Waals surface area contributed by atoms with Gasteiger partial charge >= 0.3 is 0 Å². The average Bonchev–Trinajstić information content (AvgIpc) is 2.46. The lowest BCUT2D eigenvalue weighted by Crippen LogP contribution is -2.61. The van der Waals surface area contributed by atoms with E-state index in [1.54, 1.807) is 7.11 Å². The molecule has 1 fully saturated rings. The van der Waals surface area contributed by atoms with Crippen molar-refractivity contribution in [2.24, 2.45) is 5.73 Å². The van der Waals surface area contributed by atoms with E-state index in [-0.39, 0.29) is 12.5 Å². The van der Waals surface area contributed by atoms with Gasteiger partial charge in [-0.15, -0.1) is 0 Å². The molecule has 2 rings (SSSR count). The molecule has 104 valence electrons. The quantitative estimate of drug-likeness (QED) is 0.834. The molecule has 0 radical (unpaired) electrons. The molecule has 5 nitrogen and oxygen atoms in total. The van der Waals surface area contributed by atoms with Crippen molar-refractivity contribution in [3.8, 4) is 11.5 Å². The molecule has 0 aromatic heterocycles. The number of methoxy groups -OCH3 is 1. The van der Waals surface area contributed by atoms with Crippen LogP contribution < -0.4 is 20.5 Å². The van der Waals surface area contributed by atoms with Crippen molar-refractivity contribution < 1.29 is 14.3 Å². The standard InChI is InChI=1S/C14H20N2O3/c1-18-11-4-6-12(7-5-11)19-10-14(13(15)17)8-2-3-9-16-14/h4-7,16H,2-3,8-10H2,1H3,(H2,15,17). The maximum Gasteiger partial charge on any atom is 0.241 e. The number of carbonyl (C=O) groups excluding carboxylic acids is 1. The van der Waals surface area contributed by atoms with Gasteiger partial charge in [0, 0.05) is 0 Å². The van der Waals surface area contributed by atoms with Gasteiger partial charge in [-0.05, 0) is 50.1 Å². The number of benzene rings is 1.